The molecule has 0 atom stereocenters. The van der Waals surface area contributed by atoms with E-state index in [1.165, 1.54) is 23.6 Å². The molecule has 2 heterocycles. The normalized spacial score (nSPS) is 13.9. The minimum atomic E-state index is -0.104. The van der Waals surface area contributed by atoms with E-state index in [2.05, 4.69) is 85.1 Å². The molecule has 1 saturated heterocycles. The number of amides is 1. The van der Waals surface area contributed by atoms with Crippen LogP contribution in [0.2, 0.25) is 0 Å². The molecule has 1 aromatic heterocycles. The zero-order valence-electron chi connectivity index (χ0n) is 20.6. The van der Waals surface area contributed by atoms with E-state index in [1.54, 1.807) is 6.33 Å². The minimum absolute atomic E-state index is 0.104. The Kier molecular flexibility index (Phi) is 6.89. The van der Waals surface area contributed by atoms with Gasteiger partial charge >= 0.3 is 0 Å². The zero-order valence-corrected chi connectivity index (χ0v) is 20.6. The van der Waals surface area contributed by atoms with Crippen molar-refractivity contribution in [3.63, 3.8) is 0 Å². The van der Waals surface area contributed by atoms with Crippen LogP contribution in [0.3, 0.4) is 0 Å². The SMILES string of the molecule is CC(=O)Nc1cc(Nc2ncnc(N3CCC(c4ccccc4-c4ccccc4)CC3)n2)ccc1C. The lowest BCUT2D eigenvalue weighted by Crippen LogP contribution is -2.34. The van der Waals surface area contributed by atoms with Crippen molar-refractivity contribution in [1.29, 1.82) is 0 Å². The van der Waals surface area contributed by atoms with Gasteiger partial charge in [0.15, 0.2) is 0 Å². The predicted molar refractivity (Wildman–Crippen MR) is 145 cm³/mol. The number of hydrogen-bond donors (Lipinski definition) is 2. The van der Waals surface area contributed by atoms with Crippen molar-refractivity contribution in [2.24, 2.45) is 0 Å². The number of nitrogens with one attached hydrogen (secondary N) is 2. The molecule has 182 valence electrons. The third kappa shape index (κ3) is 5.35. The minimum Gasteiger partial charge on any atom is -0.341 e. The Morgan fingerprint density at radius 2 is 1.69 bits per heavy atom. The van der Waals surface area contributed by atoms with E-state index >= 15 is 0 Å². The fourth-order valence-corrected chi connectivity index (χ4v) is 4.78. The maximum atomic E-state index is 11.5. The Labute approximate surface area is 211 Å². The van der Waals surface area contributed by atoms with Gasteiger partial charge < -0.3 is 15.5 Å². The average Bonchev–Trinajstić information content (AvgIpc) is 2.91. The van der Waals surface area contributed by atoms with E-state index < -0.39 is 0 Å². The number of carbonyl (C=O) groups is 1. The maximum absolute atomic E-state index is 11.5. The van der Waals surface area contributed by atoms with Crippen LogP contribution in [0.4, 0.5) is 23.3 Å². The van der Waals surface area contributed by atoms with Gasteiger partial charge in [0.25, 0.3) is 0 Å². The molecule has 7 nitrogen and oxygen atoms in total. The van der Waals surface area contributed by atoms with Gasteiger partial charge in [0.1, 0.15) is 6.33 Å². The van der Waals surface area contributed by atoms with Crippen LogP contribution in [0.25, 0.3) is 11.1 Å². The van der Waals surface area contributed by atoms with E-state index in [9.17, 15) is 4.79 Å². The summed E-state index contributed by atoms with van der Waals surface area (Å²) in [4.78, 5) is 27.1. The van der Waals surface area contributed by atoms with Crippen LogP contribution >= 0.6 is 0 Å². The van der Waals surface area contributed by atoms with Crippen LogP contribution in [0, 0.1) is 6.92 Å². The summed E-state index contributed by atoms with van der Waals surface area (Å²) < 4.78 is 0. The fourth-order valence-electron chi connectivity index (χ4n) is 4.78. The molecule has 2 N–H and O–H groups in total. The number of anilines is 4. The van der Waals surface area contributed by atoms with Crippen molar-refractivity contribution in [2.75, 3.05) is 28.6 Å². The quantitative estimate of drug-likeness (QED) is 0.357. The van der Waals surface area contributed by atoms with Crippen LogP contribution in [-0.4, -0.2) is 33.9 Å². The Morgan fingerprint density at radius 1 is 0.944 bits per heavy atom. The van der Waals surface area contributed by atoms with Gasteiger partial charge in [-0.1, -0.05) is 60.7 Å². The number of nitrogens with zero attached hydrogens (tertiary/aromatic N) is 4. The maximum Gasteiger partial charge on any atom is 0.231 e. The summed E-state index contributed by atoms with van der Waals surface area (Å²) in [7, 11) is 0. The van der Waals surface area contributed by atoms with Crippen molar-refractivity contribution in [1.82, 2.24) is 15.0 Å². The fraction of sp³-hybridized carbons (Fsp3) is 0.241. The molecule has 3 aromatic carbocycles. The van der Waals surface area contributed by atoms with Crippen LogP contribution in [0.5, 0.6) is 0 Å². The molecule has 0 unspecified atom stereocenters. The number of aryl methyl sites for hydroxylation is 1. The summed E-state index contributed by atoms with van der Waals surface area (Å²) in [5.41, 5.74) is 6.55. The molecule has 36 heavy (non-hydrogen) atoms. The molecular formula is C29H30N6O. The second kappa shape index (κ2) is 10.6. The molecule has 0 aliphatic carbocycles. The van der Waals surface area contributed by atoms with E-state index in [1.807, 2.05) is 25.1 Å². The number of carbonyl (C=O) groups excluding carboxylic acids is 1. The molecule has 1 fully saturated rings. The van der Waals surface area contributed by atoms with Gasteiger partial charge in [-0.3, -0.25) is 4.79 Å². The molecule has 4 aromatic rings. The molecule has 0 saturated carbocycles. The zero-order chi connectivity index (χ0) is 24.9. The number of hydrogen-bond acceptors (Lipinski definition) is 6. The predicted octanol–water partition coefficient (Wildman–Crippen LogP) is 5.93. The van der Waals surface area contributed by atoms with E-state index in [0.29, 0.717) is 17.8 Å². The number of aromatic nitrogens is 3. The van der Waals surface area contributed by atoms with Crippen molar-refractivity contribution in [3.05, 3.63) is 90.3 Å². The number of piperidine rings is 1. The van der Waals surface area contributed by atoms with Crippen LogP contribution in [0.1, 0.15) is 36.8 Å². The van der Waals surface area contributed by atoms with Crippen LogP contribution in [0.15, 0.2) is 79.1 Å². The van der Waals surface area contributed by atoms with Crippen molar-refractivity contribution < 1.29 is 4.79 Å². The van der Waals surface area contributed by atoms with Crippen molar-refractivity contribution in [3.8, 4) is 11.1 Å². The Balaban J connectivity index is 1.27. The monoisotopic (exact) mass is 478 g/mol. The lowest BCUT2D eigenvalue weighted by atomic mass is 9.84. The molecule has 1 aliphatic heterocycles. The van der Waals surface area contributed by atoms with Crippen LogP contribution in [-0.2, 0) is 4.79 Å². The molecule has 0 spiro atoms. The van der Waals surface area contributed by atoms with Gasteiger partial charge in [-0.05, 0) is 60.1 Å². The smallest absolute Gasteiger partial charge is 0.231 e. The number of rotatable bonds is 6. The van der Waals surface area contributed by atoms with Gasteiger partial charge in [-0.2, -0.15) is 4.98 Å². The Morgan fingerprint density at radius 3 is 2.47 bits per heavy atom. The third-order valence-corrected chi connectivity index (χ3v) is 6.63. The second-order valence-electron chi connectivity index (χ2n) is 9.16. The van der Waals surface area contributed by atoms with E-state index in [4.69, 9.17) is 0 Å². The molecule has 0 radical (unpaired) electrons. The van der Waals surface area contributed by atoms with Gasteiger partial charge in [0, 0.05) is 31.4 Å². The Hall–Kier alpha value is -4.26. The highest BCUT2D eigenvalue weighted by Gasteiger charge is 2.24. The Bertz CT molecular complexity index is 1350. The van der Waals surface area contributed by atoms with Crippen molar-refractivity contribution in [2.45, 2.75) is 32.6 Å². The second-order valence-corrected chi connectivity index (χ2v) is 9.16. The molecular weight excluding hydrogens is 448 g/mol. The first-order valence-electron chi connectivity index (χ1n) is 12.3. The van der Waals surface area contributed by atoms with Gasteiger partial charge in [0.2, 0.25) is 17.8 Å². The summed E-state index contributed by atoms with van der Waals surface area (Å²) in [5.74, 6) is 1.55. The summed E-state index contributed by atoms with van der Waals surface area (Å²) >= 11 is 0. The molecule has 1 aliphatic rings. The summed E-state index contributed by atoms with van der Waals surface area (Å²) in [6.45, 7) is 5.22. The van der Waals surface area contributed by atoms with Gasteiger partial charge in [0.05, 0.1) is 0 Å². The highest BCUT2D eigenvalue weighted by atomic mass is 16.1. The lowest BCUT2D eigenvalue weighted by Gasteiger charge is -2.33. The van der Waals surface area contributed by atoms with Gasteiger partial charge in [-0.15, -0.1) is 0 Å². The highest BCUT2D eigenvalue weighted by Crippen LogP contribution is 2.36. The first kappa shape index (κ1) is 23.5. The van der Waals surface area contributed by atoms with Gasteiger partial charge in [-0.25, -0.2) is 9.97 Å². The average molecular weight is 479 g/mol. The topological polar surface area (TPSA) is 83.0 Å². The lowest BCUT2D eigenvalue weighted by molar-refractivity contribution is -0.114. The van der Waals surface area contributed by atoms with E-state index in [0.717, 1.165) is 42.9 Å². The summed E-state index contributed by atoms with van der Waals surface area (Å²) in [5, 5.41) is 6.10. The standard InChI is InChI=1S/C29H30N6O/c1-20-12-13-24(18-27(20)32-21(2)36)33-28-30-19-31-29(34-28)35-16-14-23(15-17-35)26-11-7-6-10-25(26)22-8-4-3-5-9-22/h3-13,18-19,23H,14-17H2,1-2H3,(H,32,36)(H,30,31,33,34). The first-order chi connectivity index (χ1) is 17.6. The third-order valence-electron chi connectivity index (χ3n) is 6.63. The molecule has 0 bridgehead atoms. The highest BCUT2D eigenvalue weighted by molar-refractivity contribution is 5.90. The number of benzene rings is 3. The molecule has 5 rings (SSSR count). The van der Waals surface area contributed by atoms with Crippen LogP contribution < -0.4 is 15.5 Å². The molecule has 1 amide bonds. The van der Waals surface area contributed by atoms with Crippen molar-refractivity contribution >= 4 is 29.2 Å². The van der Waals surface area contributed by atoms with E-state index in [-0.39, 0.29) is 5.91 Å². The largest absolute Gasteiger partial charge is 0.341 e. The summed E-state index contributed by atoms with van der Waals surface area (Å²) in [6, 6.07) is 25.1. The summed E-state index contributed by atoms with van der Waals surface area (Å²) in [6.07, 6.45) is 3.62. The first-order valence-corrected chi connectivity index (χ1v) is 12.3. The molecule has 7 heteroatoms.